The van der Waals surface area contributed by atoms with Crippen molar-refractivity contribution in [2.24, 2.45) is 5.73 Å². The lowest BCUT2D eigenvalue weighted by Gasteiger charge is -2.24. The Morgan fingerprint density at radius 2 is 0.983 bits per heavy atom. The van der Waals surface area contributed by atoms with Gasteiger partial charge >= 0.3 is 7.82 Å². The van der Waals surface area contributed by atoms with Crippen LogP contribution in [0.2, 0.25) is 0 Å². The first kappa shape index (κ1) is 56.4. The summed E-state index contributed by atoms with van der Waals surface area (Å²) in [6.45, 7) is 3.94. The number of nitrogens with one attached hydrogen (secondary N) is 1. The number of aliphatic hydroxyl groups is 2. The zero-order chi connectivity index (χ0) is 42.6. The van der Waals surface area contributed by atoms with Crippen LogP contribution in [-0.4, -0.2) is 59.0 Å². The fraction of sp³-hybridized carbons (Fsp3) is 0.812. The Morgan fingerprint density at radius 3 is 1.43 bits per heavy atom. The number of carbonyl (C=O) groups excluding carboxylic acids is 1. The summed E-state index contributed by atoms with van der Waals surface area (Å²) in [4.78, 5) is 22.8. The van der Waals surface area contributed by atoms with E-state index in [1.807, 2.05) is 6.08 Å². The molecule has 4 unspecified atom stereocenters. The van der Waals surface area contributed by atoms with Crippen molar-refractivity contribution in [1.82, 2.24) is 5.32 Å². The molecule has 0 saturated carbocycles. The number of aliphatic hydroxyl groups excluding tert-OH is 2. The Kier molecular flexibility index (Phi) is 42.3. The second-order valence-corrected chi connectivity index (χ2v) is 17.6. The van der Waals surface area contributed by atoms with Crippen LogP contribution >= 0.6 is 7.82 Å². The predicted molar refractivity (Wildman–Crippen MR) is 246 cm³/mol. The van der Waals surface area contributed by atoms with Gasteiger partial charge in [0.05, 0.1) is 37.9 Å². The third-order valence-electron chi connectivity index (χ3n) is 10.4. The molecule has 0 aromatic heterocycles. The van der Waals surface area contributed by atoms with Crippen LogP contribution in [0.1, 0.15) is 213 Å². The molecule has 9 nitrogen and oxygen atoms in total. The smallest absolute Gasteiger partial charge is 0.393 e. The summed E-state index contributed by atoms with van der Waals surface area (Å²) < 4.78 is 22.1. The molecule has 0 aliphatic heterocycles. The van der Waals surface area contributed by atoms with E-state index in [1.54, 1.807) is 6.08 Å². The minimum Gasteiger partial charge on any atom is -0.393 e. The molecule has 0 saturated heterocycles. The van der Waals surface area contributed by atoms with E-state index in [9.17, 15) is 24.5 Å². The van der Waals surface area contributed by atoms with Crippen molar-refractivity contribution in [2.45, 2.75) is 231 Å². The Morgan fingerprint density at radius 1 is 0.586 bits per heavy atom. The first-order valence-corrected chi connectivity index (χ1v) is 25.3. The van der Waals surface area contributed by atoms with Crippen LogP contribution in [0.15, 0.2) is 48.6 Å². The molecule has 0 aromatic rings. The van der Waals surface area contributed by atoms with Gasteiger partial charge in [0.1, 0.15) is 0 Å². The second-order valence-electron chi connectivity index (χ2n) is 16.1. The standard InChI is InChI=1S/C48H91N2O7P/c1-3-5-7-9-11-13-15-17-19-20-21-22-23-24-26-28-30-32-34-36-38-40-47(52)46(44-57-58(54,55)56-42-41-49)50-48(53)43-45(51)39-37-35-33-31-29-27-25-18-16-14-12-10-8-6-4-2/h18,23-25,30,32,38,40,45-47,51-52H,3-17,19-22,26-29,31,33-37,39,41-44,49H2,1-2H3,(H,50,53)(H,54,55)/b24-23+,25-18-,32-30+,40-38+. The van der Waals surface area contributed by atoms with E-state index in [0.29, 0.717) is 12.8 Å². The molecule has 0 rings (SSSR count). The van der Waals surface area contributed by atoms with Crippen molar-refractivity contribution in [2.75, 3.05) is 19.8 Å². The molecule has 6 N–H and O–H groups in total. The van der Waals surface area contributed by atoms with Gasteiger partial charge in [0.2, 0.25) is 5.91 Å². The molecular weight excluding hydrogens is 748 g/mol. The van der Waals surface area contributed by atoms with Gasteiger partial charge in [-0.3, -0.25) is 13.8 Å². The minimum atomic E-state index is -4.42. The average Bonchev–Trinajstić information content (AvgIpc) is 3.20. The Bertz CT molecular complexity index is 1070. The number of phosphoric ester groups is 1. The molecule has 1 amide bonds. The first-order chi connectivity index (χ1) is 28.3. The highest BCUT2D eigenvalue weighted by Crippen LogP contribution is 2.43. The molecule has 0 radical (unpaired) electrons. The molecule has 340 valence electrons. The summed E-state index contributed by atoms with van der Waals surface area (Å²) >= 11 is 0. The zero-order valence-electron chi connectivity index (χ0n) is 37.4. The van der Waals surface area contributed by atoms with Crippen LogP contribution in [0.5, 0.6) is 0 Å². The SMILES string of the molecule is CCCCCCCC/C=C\CCCCCCCC(O)CC(=O)NC(COP(=O)(O)OCCN)C(O)/C=C/CC/C=C/CC/C=C/CCCCCCCCCCCCC. The maximum atomic E-state index is 12.8. The molecule has 0 bridgehead atoms. The van der Waals surface area contributed by atoms with Crippen LogP contribution < -0.4 is 11.1 Å². The molecule has 10 heteroatoms. The van der Waals surface area contributed by atoms with Crippen molar-refractivity contribution in [3.05, 3.63) is 48.6 Å². The third kappa shape index (κ3) is 41.2. The lowest BCUT2D eigenvalue weighted by atomic mass is 10.0. The van der Waals surface area contributed by atoms with E-state index in [0.717, 1.165) is 57.8 Å². The lowest BCUT2D eigenvalue weighted by Crippen LogP contribution is -2.46. The van der Waals surface area contributed by atoms with Crippen molar-refractivity contribution < 1.29 is 33.5 Å². The van der Waals surface area contributed by atoms with Gasteiger partial charge in [0.15, 0.2) is 0 Å². The molecule has 0 aromatic carbocycles. The van der Waals surface area contributed by atoms with Crippen LogP contribution in [0.4, 0.5) is 0 Å². The number of rotatable bonds is 44. The fourth-order valence-electron chi connectivity index (χ4n) is 6.79. The number of amides is 1. The number of phosphoric acid groups is 1. The van der Waals surface area contributed by atoms with E-state index in [4.69, 9.17) is 14.8 Å². The summed E-state index contributed by atoms with van der Waals surface area (Å²) in [6.07, 6.45) is 50.6. The van der Waals surface area contributed by atoms with E-state index < -0.39 is 38.6 Å². The predicted octanol–water partition coefficient (Wildman–Crippen LogP) is 12.6. The summed E-state index contributed by atoms with van der Waals surface area (Å²) in [6, 6.07) is -1.01. The molecule has 58 heavy (non-hydrogen) atoms. The van der Waals surface area contributed by atoms with Crippen LogP contribution in [-0.2, 0) is 18.4 Å². The largest absolute Gasteiger partial charge is 0.472 e. The molecule has 0 spiro atoms. The topological polar surface area (TPSA) is 151 Å². The van der Waals surface area contributed by atoms with Crippen molar-refractivity contribution in [3.63, 3.8) is 0 Å². The van der Waals surface area contributed by atoms with Gasteiger partial charge in [-0.05, 0) is 70.6 Å². The first-order valence-electron chi connectivity index (χ1n) is 23.8. The number of hydrogen-bond donors (Lipinski definition) is 5. The number of allylic oxidation sites excluding steroid dienone is 7. The fourth-order valence-corrected chi connectivity index (χ4v) is 7.55. The molecule has 4 atom stereocenters. The second kappa shape index (κ2) is 43.5. The van der Waals surface area contributed by atoms with Gasteiger partial charge in [-0.15, -0.1) is 0 Å². The lowest BCUT2D eigenvalue weighted by molar-refractivity contribution is -0.124. The normalized spacial score (nSPS) is 14.9. The maximum Gasteiger partial charge on any atom is 0.472 e. The Balaban J connectivity index is 4.35. The van der Waals surface area contributed by atoms with Crippen LogP contribution in [0, 0.1) is 0 Å². The summed E-state index contributed by atoms with van der Waals surface area (Å²) in [5, 5.41) is 24.1. The monoisotopic (exact) mass is 839 g/mol. The number of unbranched alkanes of at least 4 members (excludes halogenated alkanes) is 24. The highest BCUT2D eigenvalue weighted by Gasteiger charge is 2.27. The van der Waals surface area contributed by atoms with E-state index in [-0.39, 0.29) is 19.6 Å². The van der Waals surface area contributed by atoms with Crippen LogP contribution in [0.3, 0.4) is 0 Å². The minimum absolute atomic E-state index is 0.0403. The van der Waals surface area contributed by atoms with Gasteiger partial charge in [-0.25, -0.2) is 4.57 Å². The number of hydrogen-bond acceptors (Lipinski definition) is 7. The Hall–Kier alpha value is -1.58. The van der Waals surface area contributed by atoms with Gasteiger partial charge in [0, 0.05) is 6.54 Å². The van der Waals surface area contributed by atoms with Crippen molar-refractivity contribution in [3.8, 4) is 0 Å². The number of carbonyl (C=O) groups is 1. The summed E-state index contributed by atoms with van der Waals surface area (Å²) in [5.41, 5.74) is 5.37. The summed E-state index contributed by atoms with van der Waals surface area (Å²) in [7, 11) is -4.42. The summed E-state index contributed by atoms with van der Waals surface area (Å²) in [5.74, 6) is -0.465. The highest BCUT2D eigenvalue weighted by molar-refractivity contribution is 7.47. The highest BCUT2D eigenvalue weighted by atomic mass is 31.2. The van der Waals surface area contributed by atoms with Crippen LogP contribution in [0.25, 0.3) is 0 Å². The quantitative estimate of drug-likeness (QED) is 0.0231. The zero-order valence-corrected chi connectivity index (χ0v) is 38.3. The van der Waals surface area contributed by atoms with Crippen molar-refractivity contribution in [1.29, 1.82) is 0 Å². The molecular formula is C48H91N2O7P. The molecule has 0 fully saturated rings. The maximum absolute atomic E-state index is 12.8. The Labute approximate surface area is 356 Å². The third-order valence-corrected chi connectivity index (χ3v) is 11.4. The van der Waals surface area contributed by atoms with E-state index in [2.05, 4.69) is 55.6 Å². The average molecular weight is 839 g/mol. The van der Waals surface area contributed by atoms with Gasteiger partial charge < -0.3 is 26.2 Å². The number of nitrogens with two attached hydrogens (primary N) is 1. The molecule has 0 heterocycles. The molecule has 0 aliphatic carbocycles. The van der Waals surface area contributed by atoms with Crippen molar-refractivity contribution >= 4 is 13.7 Å². The van der Waals surface area contributed by atoms with Gasteiger partial charge in [-0.1, -0.05) is 184 Å². The van der Waals surface area contributed by atoms with Gasteiger partial charge in [-0.2, -0.15) is 0 Å². The van der Waals surface area contributed by atoms with E-state index in [1.165, 1.54) is 122 Å². The molecule has 0 aliphatic rings. The van der Waals surface area contributed by atoms with E-state index >= 15 is 0 Å². The van der Waals surface area contributed by atoms with Gasteiger partial charge in [0.25, 0.3) is 0 Å².